The van der Waals surface area contributed by atoms with Gasteiger partial charge in [0.15, 0.2) is 11.5 Å². The Morgan fingerprint density at radius 3 is 2.48 bits per heavy atom. The summed E-state index contributed by atoms with van der Waals surface area (Å²) >= 11 is 0. The summed E-state index contributed by atoms with van der Waals surface area (Å²) < 4.78 is 45.3. The first-order valence-electron chi connectivity index (χ1n) is 8.58. The van der Waals surface area contributed by atoms with Crippen LogP contribution in [0.2, 0.25) is 0 Å². The van der Waals surface area contributed by atoms with Crippen LogP contribution in [0.1, 0.15) is 42.5 Å². The second-order valence-corrected chi connectivity index (χ2v) is 5.67. The van der Waals surface area contributed by atoms with Crippen LogP contribution in [0, 0.1) is 11.8 Å². The van der Waals surface area contributed by atoms with Gasteiger partial charge in [0, 0.05) is 12.1 Å². The van der Waals surface area contributed by atoms with Gasteiger partial charge in [-0.05, 0) is 48.7 Å². The maximum absolute atomic E-state index is 12.1. The van der Waals surface area contributed by atoms with E-state index in [0.29, 0.717) is 5.76 Å². The van der Waals surface area contributed by atoms with E-state index in [0.717, 1.165) is 31.4 Å². The van der Waals surface area contributed by atoms with Crippen LogP contribution in [0.4, 0.5) is 23.7 Å². The number of hydrogen-bond acceptors (Lipinski definition) is 4. The van der Waals surface area contributed by atoms with Crippen molar-refractivity contribution in [2.24, 2.45) is 0 Å². The van der Waals surface area contributed by atoms with Gasteiger partial charge in [-0.25, -0.2) is 10.2 Å². The van der Waals surface area contributed by atoms with Crippen molar-refractivity contribution in [2.45, 2.75) is 32.5 Å². The van der Waals surface area contributed by atoms with Crippen LogP contribution in [0.3, 0.4) is 0 Å². The zero-order valence-electron chi connectivity index (χ0n) is 15.4. The van der Waals surface area contributed by atoms with Gasteiger partial charge in [-0.2, -0.15) is 0 Å². The first kappa shape index (κ1) is 21.7. The molecule has 2 aromatic rings. The molecule has 0 aliphatic heterocycles. The molecule has 3 N–H and O–H groups in total. The van der Waals surface area contributed by atoms with Crippen LogP contribution >= 0.6 is 0 Å². The number of urea groups is 1. The molecule has 7 nitrogen and oxygen atoms in total. The monoisotopic (exact) mass is 409 g/mol. The van der Waals surface area contributed by atoms with Gasteiger partial charge in [0.2, 0.25) is 0 Å². The van der Waals surface area contributed by atoms with Crippen molar-refractivity contribution >= 4 is 17.6 Å². The molecule has 1 heterocycles. The van der Waals surface area contributed by atoms with Crippen molar-refractivity contribution in [1.29, 1.82) is 0 Å². The summed E-state index contributed by atoms with van der Waals surface area (Å²) in [6.07, 6.45) is -2.08. The van der Waals surface area contributed by atoms with Crippen LogP contribution < -0.4 is 20.9 Å². The predicted octanol–water partition coefficient (Wildman–Crippen LogP) is 4.19. The number of hydrazine groups is 1. The van der Waals surface area contributed by atoms with Gasteiger partial charge in [0.25, 0.3) is 0 Å². The molecule has 0 fully saturated rings. The number of rotatable bonds is 5. The minimum atomic E-state index is -4.80. The molecule has 154 valence electrons. The Labute approximate surface area is 164 Å². The normalized spacial score (nSPS) is 10.5. The first-order valence-corrected chi connectivity index (χ1v) is 8.58. The van der Waals surface area contributed by atoms with E-state index < -0.39 is 24.1 Å². The van der Waals surface area contributed by atoms with Gasteiger partial charge in [0.1, 0.15) is 5.75 Å². The third kappa shape index (κ3) is 7.88. The summed E-state index contributed by atoms with van der Waals surface area (Å²) in [7, 11) is 0. The Balaban J connectivity index is 1.80. The topological polar surface area (TPSA) is 92.6 Å². The number of hydrogen-bond donors (Lipinski definition) is 3. The third-order valence-corrected chi connectivity index (χ3v) is 3.33. The van der Waals surface area contributed by atoms with E-state index in [9.17, 15) is 22.8 Å². The third-order valence-electron chi connectivity index (χ3n) is 3.33. The number of ether oxygens (including phenoxy) is 1. The summed E-state index contributed by atoms with van der Waals surface area (Å²) in [5, 5.41) is 2.33. The van der Waals surface area contributed by atoms with Crippen LogP contribution in [-0.4, -0.2) is 18.3 Å². The number of carbonyl (C=O) groups is 2. The molecule has 0 saturated carbocycles. The Hall–Kier alpha value is -3.61. The number of benzene rings is 1. The van der Waals surface area contributed by atoms with Crippen molar-refractivity contribution in [1.82, 2.24) is 10.9 Å². The van der Waals surface area contributed by atoms with Gasteiger partial charge < -0.3 is 14.5 Å². The fraction of sp³-hybridized carbons (Fsp3) is 0.263. The van der Waals surface area contributed by atoms with Crippen molar-refractivity contribution < 1.29 is 31.9 Å². The van der Waals surface area contributed by atoms with Gasteiger partial charge in [-0.3, -0.25) is 10.2 Å². The molecular formula is C19H18F3N3O4. The van der Waals surface area contributed by atoms with E-state index in [1.807, 2.05) is 0 Å². The highest BCUT2D eigenvalue weighted by molar-refractivity contribution is 5.95. The molecule has 10 heteroatoms. The maximum atomic E-state index is 12.1. The predicted molar refractivity (Wildman–Crippen MR) is 97.9 cm³/mol. The van der Waals surface area contributed by atoms with E-state index in [4.69, 9.17) is 4.42 Å². The largest absolute Gasteiger partial charge is 0.573 e. The van der Waals surface area contributed by atoms with Crippen molar-refractivity contribution in [3.8, 4) is 17.6 Å². The van der Waals surface area contributed by atoms with Gasteiger partial charge in [-0.1, -0.05) is 19.3 Å². The SMILES string of the molecule is CCCCC#Cc1ccc(C(=O)NNC(=O)Nc2ccc(OC(F)(F)F)cc2)o1. The summed E-state index contributed by atoms with van der Waals surface area (Å²) in [4.78, 5) is 23.7. The van der Waals surface area contributed by atoms with Crippen LogP contribution in [0.15, 0.2) is 40.8 Å². The smallest absolute Gasteiger partial charge is 0.443 e. The van der Waals surface area contributed by atoms with E-state index in [2.05, 4.69) is 39.7 Å². The average molecular weight is 409 g/mol. The van der Waals surface area contributed by atoms with E-state index in [1.165, 1.54) is 18.2 Å². The second kappa shape index (κ2) is 10.1. The molecule has 1 aromatic carbocycles. The summed E-state index contributed by atoms with van der Waals surface area (Å²) in [6.45, 7) is 2.05. The van der Waals surface area contributed by atoms with Gasteiger partial charge >= 0.3 is 18.3 Å². The molecule has 2 rings (SSSR count). The van der Waals surface area contributed by atoms with Crippen LogP contribution in [-0.2, 0) is 0 Å². The molecule has 0 spiro atoms. The summed E-state index contributed by atoms with van der Waals surface area (Å²) in [5.41, 5.74) is 4.42. The molecule has 0 saturated heterocycles. The molecule has 0 unspecified atom stereocenters. The lowest BCUT2D eigenvalue weighted by Crippen LogP contribution is -2.43. The van der Waals surface area contributed by atoms with Crippen molar-refractivity contribution in [3.05, 3.63) is 47.9 Å². The Kier molecular flexibility index (Phi) is 7.54. The number of carbonyl (C=O) groups excluding carboxylic acids is 2. The summed E-state index contributed by atoms with van der Waals surface area (Å²) in [5.74, 6) is 4.88. The van der Waals surface area contributed by atoms with Crippen molar-refractivity contribution in [3.63, 3.8) is 0 Å². The number of anilines is 1. The minimum absolute atomic E-state index is 0.0428. The van der Waals surface area contributed by atoms with Crippen LogP contribution in [0.25, 0.3) is 0 Å². The number of nitrogens with one attached hydrogen (secondary N) is 3. The first-order chi connectivity index (χ1) is 13.8. The lowest BCUT2D eigenvalue weighted by Gasteiger charge is -2.10. The Morgan fingerprint density at radius 1 is 1.10 bits per heavy atom. The van der Waals surface area contributed by atoms with Crippen LogP contribution in [0.5, 0.6) is 5.75 Å². The second-order valence-electron chi connectivity index (χ2n) is 5.67. The number of unbranched alkanes of at least 4 members (excludes halogenated alkanes) is 2. The van der Waals surface area contributed by atoms with E-state index in [-0.39, 0.29) is 11.4 Å². The average Bonchev–Trinajstić information content (AvgIpc) is 3.13. The number of amides is 3. The molecule has 0 aliphatic carbocycles. The molecular weight excluding hydrogens is 391 g/mol. The minimum Gasteiger partial charge on any atom is -0.443 e. The molecule has 0 atom stereocenters. The maximum Gasteiger partial charge on any atom is 0.573 e. The standard InChI is InChI=1S/C19H18F3N3O4/c1-2-3-4-5-6-14-11-12-16(28-14)17(26)24-25-18(27)23-13-7-9-15(10-8-13)29-19(20,21)22/h7-12H,2-4H2,1H3,(H,24,26)(H2,23,25,27). The zero-order chi connectivity index (χ0) is 21.3. The molecule has 0 radical (unpaired) electrons. The molecule has 0 aliphatic rings. The van der Waals surface area contributed by atoms with Gasteiger partial charge in [0.05, 0.1) is 0 Å². The number of alkyl halides is 3. The number of furan rings is 1. The van der Waals surface area contributed by atoms with E-state index in [1.54, 1.807) is 6.07 Å². The molecule has 3 amide bonds. The Bertz CT molecular complexity index is 896. The Morgan fingerprint density at radius 2 is 1.83 bits per heavy atom. The highest BCUT2D eigenvalue weighted by atomic mass is 19.4. The fourth-order valence-corrected chi connectivity index (χ4v) is 2.02. The lowest BCUT2D eigenvalue weighted by molar-refractivity contribution is -0.274. The zero-order valence-corrected chi connectivity index (χ0v) is 15.4. The fourth-order valence-electron chi connectivity index (χ4n) is 2.02. The van der Waals surface area contributed by atoms with E-state index >= 15 is 0 Å². The van der Waals surface area contributed by atoms with Crippen molar-refractivity contribution in [2.75, 3.05) is 5.32 Å². The molecule has 29 heavy (non-hydrogen) atoms. The highest BCUT2D eigenvalue weighted by Gasteiger charge is 2.30. The quantitative estimate of drug-likeness (QED) is 0.392. The molecule has 0 bridgehead atoms. The van der Waals surface area contributed by atoms with Gasteiger partial charge in [-0.15, -0.1) is 13.2 Å². The summed E-state index contributed by atoms with van der Waals surface area (Å²) in [6, 6.07) is 6.63. The highest BCUT2D eigenvalue weighted by Crippen LogP contribution is 2.23. The number of halogens is 3. The molecule has 1 aromatic heterocycles. The lowest BCUT2D eigenvalue weighted by atomic mass is 10.2.